The van der Waals surface area contributed by atoms with Crippen molar-refractivity contribution in [1.82, 2.24) is 38.2 Å². The van der Waals surface area contributed by atoms with Crippen molar-refractivity contribution in [2.24, 2.45) is 0 Å². The van der Waals surface area contributed by atoms with Crippen LogP contribution in [0.1, 0.15) is 0 Å². The zero-order chi connectivity index (χ0) is 79.1. The number of hydrogen-bond acceptors (Lipinski definition) is 4. The molecule has 24 aromatic rings. The highest BCUT2D eigenvalue weighted by Crippen LogP contribution is 2.43. The Morgan fingerprint density at radius 2 is 0.400 bits per heavy atom. The van der Waals surface area contributed by atoms with Gasteiger partial charge in [-0.15, -0.1) is 0 Å². The van der Waals surface area contributed by atoms with Crippen LogP contribution in [0.2, 0.25) is 0 Å². The highest BCUT2D eigenvalue weighted by atomic mass is 15.0. The van der Waals surface area contributed by atoms with Crippen LogP contribution in [0.25, 0.3) is 222 Å². The Morgan fingerprint density at radius 1 is 0.142 bits per heavy atom. The van der Waals surface area contributed by atoms with E-state index in [1.54, 1.807) is 0 Å². The zero-order valence-corrected chi connectivity index (χ0v) is 65.1. The number of nitrogens with zero attached hydrogens (tertiary/aromatic N) is 8. The number of aromatic nitrogens is 8. The van der Waals surface area contributed by atoms with Gasteiger partial charge in [0.25, 0.3) is 0 Å². The summed E-state index contributed by atoms with van der Waals surface area (Å²) in [5.74, 6) is 1.37. The highest BCUT2D eigenvalue weighted by molar-refractivity contribution is 6.13. The van der Waals surface area contributed by atoms with Crippen molar-refractivity contribution < 1.29 is 0 Å². The number of fused-ring (bicyclic) bond motifs is 14. The zero-order valence-electron chi connectivity index (χ0n) is 65.1. The van der Waals surface area contributed by atoms with Crippen molar-refractivity contribution in [3.63, 3.8) is 0 Å². The molecule has 0 aliphatic heterocycles. The van der Waals surface area contributed by atoms with Crippen LogP contribution in [0.5, 0.6) is 0 Å². The SMILES string of the molecule is c1ccc(-c2ccc(-c3cc(-c4cc(-n5c6ccccc6c6ccccc65)cc(-n5c6ccccc6c6ccccc65)c4)nc(-c4ccc5ccccc5c4)n3)cc2)cc1.c1ccc(-c2ccc(-c3cc(-c4cc(-n5c6ccccc6c6ccccc65)cc(-n5c6ccccc6c6ccccc65)c4)nc(-c4cccc5ccccc45)n3)cc2)cc1. The monoisotopic (exact) mass is 1530 g/mol. The Morgan fingerprint density at radius 3 is 0.758 bits per heavy atom. The molecule has 0 N–H and O–H groups in total. The average molecular weight is 1530 g/mol. The van der Waals surface area contributed by atoms with Gasteiger partial charge in [0.15, 0.2) is 11.6 Å². The lowest BCUT2D eigenvalue weighted by atomic mass is 10.0. The molecule has 6 aromatic heterocycles. The first kappa shape index (κ1) is 69.4. The van der Waals surface area contributed by atoms with E-state index in [1.165, 1.54) is 59.6 Å². The van der Waals surface area contributed by atoms with Gasteiger partial charge < -0.3 is 18.3 Å². The van der Waals surface area contributed by atoms with E-state index in [0.717, 1.165) is 150 Å². The fourth-order valence-electron chi connectivity index (χ4n) is 18.2. The Hall–Kier alpha value is -16.2. The number of hydrogen-bond donors (Lipinski definition) is 0. The van der Waals surface area contributed by atoms with E-state index < -0.39 is 0 Å². The lowest BCUT2D eigenvalue weighted by molar-refractivity contribution is 1.13. The van der Waals surface area contributed by atoms with Gasteiger partial charge in [0.2, 0.25) is 0 Å². The largest absolute Gasteiger partial charge is 0.309 e. The maximum absolute atomic E-state index is 5.48. The molecule has 120 heavy (non-hydrogen) atoms. The van der Waals surface area contributed by atoms with Crippen LogP contribution >= 0.6 is 0 Å². The third kappa shape index (κ3) is 12.1. The van der Waals surface area contributed by atoms with Crippen molar-refractivity contribution >= 4 is 109 Å². The lowest BCUT2D eigenvalue weighted by Crippen LogP contribution is -2.02. The van der Waals surface area contributed by atoms with Crippen LogP contribution in [-0.4, -0.2) is 38.2 Å². The first-order valence-corrected chi connectivity index (χ1v) is 40.8. The van der Waals surface area contributed by atoms with Gasteiger partial charge in [0.05, 0.1) is 66.9 Å². The molecule has 0 saturated heterocycles. The Balaban J connectivity index is 0.000000140. The Kier molecular flexibility index (Phi) is 16.7. The second-order valence-electron chi connectivity index (χ2n) is 30.9. The van der Waals surface area contributed by atoms with E-state index in [2.05, 4.69) is 455 Å². The quantitative estimate of drug-likeness (QED) is 0.122. The van der Waals surface area contributed by atoms with Gasteiger partial charge in [-0.05, 0) is 147 Å². The van der Waals surface area contributed by atoms with E-state index in [1.807, 2.05) is 0 Å². The molecule has 0 bridgehead atoms. The van der Waals surface area contributed by atoms with Gasteiger partial charge >= 0.3 is 0 Å². The summed E-state index contributed by atoms with van der Waals surface area (Å²) in [6.07, 6.45) is 0. The van der Waals surface area contributed by atoms with Crippen LogP contribution in [0.3, 0.4) is 0 Å². The van der Waals surface area contributed by atoms with Crippen molar-refractivity contribution in [1.29, 1.82) is 0 Å². The summed E-state index contributed by atoms with van der Waals surface area (Å²) < 4.78 is 9.61. The van der Waals surface area contributed by atoms with Crippen LogP contribution < -0.4 is 0 Å². The summed E-state index contributed by atoms with van der Waals surface area (Å²) in [4.78, 5) is 21.5. The molecule has 18 aromatic carbocycles. The van der Waals surface area contributed by atoms with Gasteiger partial charge in [0.1, 0.15) is 0 Å². The normalized spacial score (nSPS) is 11.7. The van der Waals surface area contributed by atoms with Crippen LogP contribution in [0.4, 0.5) is 0 Å². The third-order valence-corrected chi connectivity index (χ3v) is 23.8. The van der Waals surface area contributed by atoms with Crippen LogP contribution in [0.15, 0.2) is 437 Å². The second kappa shape index (κ2) is 29.0. The van der Waals surface area contributed by atoms with Gasteiger partial charge in [0, 0.05) is 99.2 Å². The van der Waals surface area contributed by atoms with Gasteiger partial charge in [-0.2, -0.15) is 0 Å². The molecular weight excluding hydrogens is 1460 g/mol. The molecule has 0 atom stereocenters. The summed E-state index contributed by atoms with van der Waals surface area (Å²) in [5, 5.41) is 14.4. The van der Waals surface area contributed by atoms with Crippen molar-refractivity contribution in [2.75, 3.05) is 0 Å². The maximum atomic E-state index is 5.48. The molecule has 0 aliphatic rings. The first-order chi connectivity index (χ1) is 59.5. The molecule has 0 spiro atoms. The molecule has 0 aliphatic carbocycles. The number of para-hydroxylation sites is 8. The van der Waals surface area contributed by atoms with Crippen molar-refractivity contribution in [3.8, 4) is 113 Å². The van der Waals surface area contributed by atoms with E-state index >= 15 is 0 Å². The molecule has 0 fully saturated rings. The first-order valence-electron chi connectivity index (χ1n) is 40.8. The summed E-state index contributed by atoms with van der Waals surface area (Å²) in [5.41, 5.74) is 27.6. The summed E-state index contributed by atoms with van der Waals surface area (Å²) >= 11 is 0. The minimum atomic E-state index is 0.682. The molecule has 0 unspecified atom stereocenters. The average Bonchev–Trinajstić information content (AvgIpc) is 1.57. The maximum Gasteiger partial charge on any atom is 0.161 e. The smallest absolute Gasteiger partial charge is 0.161 e. The molecule has 0 radical (unpaired) electrons. The predicted octanol–water partition coefficient (Wildman–Crippen LogP) is 29.0. The summed E-state index contributed by atoms with van der Waals surface area (Å²) in [6, 6.07) is 156. The fraction of sp³-hybridized carbons (Fsp3) is 0. The van der Waals surface area contributed by atoms with E-state index in [0.29, 0.717) is 11.6 Å². The fourth-order valence-corrected chi connectivity index (χ4v) is 18.2. The van der Waals surface area contributed by atoms with Crippen molar-refractivity contribution in [3.05, 3.63) is 437 Å². The summed E-state index contributed by atoms with van der Waals surface area (Å²) in [7, 11) is 0. The number of benzene rings is 18. The molecule has 8 heteroatoms. The standard InChI is InChI=1S/2C56H36N4/c1-2-15-37(16-3-1)38-29-31-40(32-30-38)50-36-51(58-56(57-50)49-24-14-18-39-17-4-5-19-44(39)49)41-33-42(59-52-25-10-6-20-45(52)46-21-7-11-26-53(46)59)35-43(34-41)60-54-27-12-8-22-47(54)48-23-9-13-28-55(48)60;1-2-14-37(15-3-1)39-26-29-40(30-27-39)50-36-51(58-56(57-50)42-31-28-38-16-4-5-17-41(38)32-42)43-33-44(59-52-22-10-6-18-46(52)47-19-7-11-23-53(47)59)35-45(34-43)60-54-24-12-8-20-48(54)49-21-9-13-25-55(49)60/h2*1-36H. The molecule has 560 valence electrons. The topological polar surface area (TPSA) is 71.3 Å². The minimum absolute atomic E-state index is 0.682. The molecular formula is C112H72N8. The molecule has 6 heterocycles. The number of rotatable bonds is 12. The molecule has 24 rings (SSSR count). The highest BCUT2D eigenvalue weighted by Gasteiger charge is 2.24. The van der Waals surface area contributed by atoms with Gasteiger partial charge in [-0.1, -0.05) is 334 Å². The summed E-state index contributed by atoms with van der Waals surface area (Å²) in [6.45, 7) is 0. The third-order valence-electron chi connectivity index (χ3n) is 23.8. The van der Waals surface area contributed by atoms with Gasteiger partial charge in [-0.3, -0.25) is 0 Å². The van der Waals surface area contributed by atoms with Crippen molar-refractivity contribution in [2.45, 2.75) is 0 Å². The van der Waals surface area contributed by atoms with Crippen LogP contribution in [0, 0.1) is 0 Å². The Labute approximate surface area is 692 Å². The van der Waals surface area contributed by atoms with Gasteiger partial charge in [-0.25, -0.2) is 19.9 Å². The van der Waals surface area contributed by atoms with E-state index in [9.17, 15) is 0 Å². The Bertz CT molecular complexity index is 7660. The minimum Gasteiger partial charge on any atom is -0.309 e. The molecule has 0 amide bonds. The predicted molar refractivity (Wildman–Crippen MR) is 500 cm³/mol. The van der Waals surface area contributed by atoms with E-state index in [4.69, 9.17) is 19.9 Å². The lowest BCUT2D eigenvalue weighted by Gasteiger charge is -2.17. The molecule has 8 nitrogen and oxygen atoms in total. The molecule has 0 saturated carbocycles. The van der Waals surface area contributed by atoms with Crippen LogP contribution in [-0.2, 0) is 0 Å². The second-order valence-corrected chi connectivity index (χ2v) is 30.9. The van der Waals surface area contributed by atoms with E-state index in [-0.39, 0.29) is 0 Å².